The topological polar surface area (TPSA) is 37.3 Å². The fourth-order valence-electron chi connectivity index (χ4n) is 13.0. The van der Waals surface area contributed by atoms with Crippen LogP contribution >= 0.6 is 0 Å². The van der Waals surface area contributed by atoms with Gasteiger partial charge in [0.1, 0.15) is 0 Å². The van der Waals surface area contributed by atoms with Crippen molar-refractivity contribution in [2.75, 3.05) is 0 Å². The van der Waals surface area contributed by atoms with Crippen LogP contribution in [0.25, 0.3) is 5.57 Å². The van der Waals surface area contributed by atoms with Crippen molar-refractivity contribution >= 4 is 11.5 Å². The first-order chi connectivity index (χ1) is 18.6. The molecule has 1 N–H and O–H groups in total. The molecule has 0 unspecified atom stereocenters. The predicted octanol–water partition coefficient (Wildman–Crippen LogP) is 10.4. The van der Waals surface area contributed by atoms with Crippen LogP contribution in [0.15, 0.2) is 42.5 Å². The highest BCUT2D eigenvalue weighted by Crippen LogP contribution is 2.81. The van der Waals surface area contributed by atoms with E-state index in [2.05, 4.69) is 68.0 Å². The molecule has 1 aromatic rings. The zero-order chi connectivity index (χ0) is 29.1. The Balaban J connectivity index is 1.39. The van der Waals surface area contributed by atoms with Gasteiger partial charge in [0.15, 0.2) is 0 Å². The molecule has 0 spiro atoms. The number of hydrogen-bond donors (Lipinski definition) is 1. The van der Waals surface area contributed by atoms with Gasteiger partial charge in [0.05, 0.1) is 5.56 Å². The molecule has 0 radical (unpaired) electrons. The van der Waals surface area contributed by atoms with E-state index in [9.17, 15) is 9.90 Å². The highest BCUT2D eigenvalue weighted by molar-refractivity contribution is 5.88. The molecule has 5 aliphatic rings. The van der Waals surface area contributed by atoms with E-state index in [0.29, 0.717) is 39.1 Å². The molecule has 0 bridgehead atoms. The summed E-state index contributed by atoms with van der Waals surface area (Å²) in [5.74, 6) is 1.97. The van der Waals surface area contributed by atoms with Crippen molar-refractivity contribution in [2.45, 2.75) is 113 Å². The van der Waals surface area contributed by atoms with Crippen molar-refractivity contribution in [3.63, 3.8) is 0 Å². The minimum Gasteiger partial charge on any atom is -0.478 e. The van der Waals surface area contributed by atoms with Crippen molar-refractivity contribution in [2.24, 2.45) is 56.2 Å². The number of hydrogen-bond acceptors (Lipinski definition) is 1. The lowest BCUT2D eigenvalue weighted by Gasteiger charge is -2.75. The lowest BCUT2D eigenvalue weighted by molar-refractivity contribution is -0.261. The van der Waals surface area contributed by atoms with Crippen LogP contribution < -0.4 is 0 Å². The number of fused-ring (bicyclic) bond motifs is 7. The molecule has 9 atom stereocenters. The molecule has 0 heterocycles. The number of aromatic carboxylic acids is 1. The molecule has 6 rings (SSSR count). The van der Waals surface area contributed by atoms with E-state index in [1.165, 1.54) is 68.1 Å². The molecule has 2 heteroatoms. The molecule has 2 nitrogen and oxygen atoms in total. The van der Waals surface area contributed by atoms with Gasteiger partial charge in [-0.05, 0) is 144 Å². The second-order valence-corrected chi connectivity index (χ2v) is 16.9. The number of carbonyl (C=O) groups is 1. The molecule has 4 saturated carbocycles. The second-order valence-electron chi connectivity index (χ2n) is 16.9. The van der Waals surface area contributed by atoms with Crippen LogP contribution in [0.2, 0.25) is 0 Å². The fraction of sp³-hybridized carbons (Fsp3) is 0.711. The Morgan fingerprint density at radius 1 is 0.825 bits per heavy atom. The summed E-state index contributed by atoms with van der Waals surface area (Å²) >= 11 is 0. The highest BCUT2D eigenvalue weighted by atomic mass is 16.4. The van der Waals surface area contributed by atoms with Gasteiger partial charge in [-0.2, -0.15) is 0 Å². The third kappa shape index (κ3) is 3.37. The summed E-state index contributed by atoms with van der Waals surface area (Å²) < 4.78 is 0. The van der Waals surface area contributed by atoms with Crippen molar-refractivity contribution in [3.8, 4) is 0 Å². The summed E-state index contributed by atoms with van der Waals surface area (Å²) in [5, 5.41) is 9.42. The highest BCUT2D eigenvalue weighted by Gasteiger charge is 2.73. The first kappa shape index (κ1) is 28.3. The van der Waals surface area contributed by atoms with Crippen LogP contribution in [0.4, 0.5) is 0 Å². The van der Waals surface area contributed by atoms with E-state index in [0.717, 1.165) is 18.3 Å². The SMILES string of the molecule is C=C(C)[C@@H]1CC[C@]2(C)CC[C@@]3(C)[C@]4(C)CC[C@H]5C(C)(C)C(c6ccc(C(=O)O)cc6)=CC[C@]5(C)[C@H]4CC[C@]3(C)[C@@H]12. The van der Waals surface area contributed by atoms with E-state index in [-0.39, 0.29) is 10.8 Å². The molecule has 4 fully saturated rings. The summed E-state index contributed by atoms with van der Waals surface area (Å²) in [5.41, 5.74) is 6.31. The summed E-state index contributed by atoms with van der Waals surface area (Å²) in [7, 11) is 0. The van der Waals surface area contributed by atoms with Crippen LogP contribution in [0.5, 0.6) is 0 Å². The summed E-state index contributed by atoms with van der Waals surface area (Å²) in [6, 6.07) is 7.64. The molecular formula is C38H54O2. The minimum atomic E-state index is -0.851. The predicted molar refractivity (Wildman–Crippen MR) is 166 cm³/mol. The zero-order valence-electron chi connectivity index (χ0n) is 26.6. The maximum Gasteiger partial charge on any atom is 0.335 e. The van der Waals surface area contributed by atoms with Crippen molar-refractivity contribution in [1.29, 1.82) is 0 Å². The number of allylic oxidation sites excluding steroid dienone is 3. The zero-order valence-corrected chi connectivity index (χ0v) is 26.6. The van der Waals surface area contributed by atoms with Gasteiger partial charge in [-0.25, -0.2) is 4.79 Å². The monoisotopic (exact) mass is 542 g/mol. The molecule has 1 aromatic carbocycles. The number of benzene rings is 1. The molecule has 218 valence electrons. The third-order valence-electron chi connectivity index (χ3n) is 15.2. The van der Waals surface area contributed by atoms with E-state index < -0.39 is 5.97 Å². The van der Waals surface area contributed by atoms with Gasteiger partial charge < -0.3 is 5.11 Å². The third-order valence-corrected chi connectivity index (χ3v) is 15.2. The van der Waals surface area contributed by atoms with Gasteiger partial charge in [0.2, 0.25) is 0 Å². The lowest BCUT2D eigenvalue weighted by atomic mass is 9.29. The first-order valence-electron chi connectivity index (χ1n) is 16.2. The quantitative estimate of drug-likeness (QED) is 0.386. The minimum absolute atomic E-state index is 0.0579. The van der Waals surface area contributed by atoms with Crippen LogP contribution in [0.1, 0.15) is 129 Å². The summed E-state index contributed by atoms with van der Waals surface area (Å²) in [4.78, 5) is 11.5. The van der Waals surface area contributed by atoms with E-state index in [1.807, 2.05) is 12.1 Å². The Labute approximate surface area is 244 Å². The van der Waals surface area contributed by atoms with Crippen molar-refractivity contribution in [1.82, 2.24) is 0 Å². The maximum atomic E-state index is 11.5. The molecule has 0 amide bonds. The van der Waals surface area contributed by atoms with Crippen molar-refractivity contribution in [3.05, 3.63) is 53.6 Å². The molecule has 0 saturated heterocycles. The Morgan fingerprint density at radius 3 is 2.08 bits per heavy atom. The molecule has 5 aliphatic carbocycles. The van der Waals surface area contributed by atoms with Gasteiger partial charge in [-0.15, -0.1) is 0 Å². The Morgan fingerprint density at radius 2 is 1.45 bits per heavy atom. The van der Waals surface area contributed by atoms with Crippen LogP contribution in [0, 0.1) is 56.2 Å². The Hall–Kier alpha value is -1.83. The standard InChI is InChI=1S/C38H54O2/c1-24(2)27-14-18-34(5)22-23-38(9)36(7)20-16-29-33(3,4)28(25-10-12-26(13-11-25)32(39)40)15-19-35(29,6)30(36)17-21-37(38,8)31(27)34/h10-13,15,27,29-31H,1,14,16-23H2,2-9H3,(H,39,40)/t27-,29-,30+,31-,34+,35-,36+,37+,38-/m0/s1. The Kier molecular flexibility index (Phi) is 6.09. The van der Waals surface area contributed by atoms with Crippen LogP contribution in [0.3, 0.4) is 0 Å². The van der Waals surface area contributed by atoms with Gasteiger partial charge >= 0.3 is 5.97 Å². The largest absolute Gasteiger partial charge is 0.478 e. The van der Waals surface area contributed by atoms with E-state index in [4.69, 9.17) is 0 Å². The van der Waals surface area contributed by atoms with Gasteiger partial charge in [-0.1, -0.05) is 78.8 Å². The maximum absolute atomic E-state index is 11.5. The fourth-order valence-corrected chi connectivity index (χ4v) is 13.0. The Bertz CT molecular complexity index is 1270. The molecule has 0 aliphatic heterocycles. The van der Waals surface area contributed by atoms with Gasteiger partial charge in [0.25, 0.3) is 0 Å². The normalized spacial score (nSPS) is 47.2. The lowest BCUT2D eigenvalue weighted by Crippen LogP contribution is -2.68. The summed E-state index contributed by atoms with van der Waals surface area (Å²) in [6.07, 6.45) is 14.5. The van der Waals surface area contributed by atoms with E-state index >= 15 is 0 Å². The van der Waals surface area contributed by atoms with Crippen molar-refractivity contribution < 1.29 is 9.90 Å². The first-order valence-corrected chi connectivity index (χ1v) is 16.2. The second kappa shape index (κ2) is 8.61. The van der Waals surface area contributed by atoms with Crippen LogP contribution in [-0.2, 0) is 0 Å². The smallest absolute Gasteiger partial charge is 0.335 e. The van der Waals surface area contributed by atoms with Gasteiger partial charge in [0, 0.05) is 0 Å². The van der Waals surface area contributed by atoms with E-state index in [1.54, 1.807) is 12.1 Å². The molecule has 40 heavy (non-hydrogen) atoms. The average molecular weight is 543 g/mol. The van der Waals surface area contributed by atoms with Crippen LogP contribution in [-0.4, -0.2) is 11.1 Å². The summed E-state index contributed by atoms with van der Waals surface area (Å²) in [6.45, 7) is 25.3. The average Bonchev–Trinajstić information content (AvgIpc) is 3.24. The van der Waals surface area contributed by atoms with Gasteiger partial charge in [-0.3, -0.25) is 0 Å². The number of carboxylic acid groups (broad SMARTS) is 1. The molecular weight excluding hydrogens is 488 g/mol. The number of rotatable bonds is 3. The molecule has 0 aromatic heterocycles. The number of carboxylic acids is 1.